The molecule has 1 atom stereocenters. The highest BCUT2D eigenvalue weighted by Crippen LogP contribution is 2.23. The summed E-state index contributed by atoms with van der Waals surface area (Å²) in [5.74, 6) is -0.0965. The van der Waals surface area contributed by atoms with Gasteiger partial charge in [0, 0.05) is 25.2 Å². The Bertz CT molecular complexity index is 593. The summed E-state index contributed by atoms with van der Waals surface area (Å²) in [4.78, 5) is 15.4. The molecule has 1 N–H and O–H groups in total. The number of ether oxygens (including phenoxy) is 1. The summed E-state index contributed by atoms with van der Waals surface area (Å²) >= 11 is 0. The molecule has 0 bridgehead atoms. The van der Waals surface area contributed by atoms with Gasteiger partial charge in [-0.05, 0) is 42.3 Å². The van der Waals surface area contributed by atoms with Gasteiger partial charge in [0.1, 0.15) is 11.9 Å². The Kier molecular flexibility index (Phi) is 4.35. The van der Waals surface area contributed by atoms with Gasteiger partial charge < -0.3 is 9.84 Å². The Hall–Kier alpha value is -2.36. The molecular weight excluding hydrogens is 254 g/mol. The van der Waals surface area contributed by atoms with E-state index in [9.17, 15) is 9.90 Å². The largest absolute Gasteiger partial charge is 0.508 e. The van der Waals surface area contributed by atoms with Gasteiger partial charge in [0.05, 0.1) is 0 Å². The molecule has 2 aromatic rings. The minimum Gasteiger partial charge on any atom is -0.508 e. The molecule has 1 heterocycles. The number of hydrogen-bond acceptors (Lipinski definition) is 4. The molecule has 0 fully saturated rings. The van der Waals surface area contributed by atoms with E-state index in [4.69, 9.17) is 4.74 Å². The van der Waals surface area contributed by atoms with Crippen LogP contribution in [0.4, 0.5) is 0 Å². The van der Waals surface area contributed by atoms with Gasteiger partial charge in [-0.3, -0.25) is 9.78 Å². The number of aromatic nitrogens is 1. The molecule has 2 rings (SSSR count). The van der Waals surface area contributed by atoms with Gasteiger partial charge in [0.2, 0.25) is 0 Å². The van der Waals surface area contributed by atoms with E-state index in [1.165, 1.54) is 6.92 Å². The van der Waals surface area contributed by atoms with Crippen LogP contribution in [0.3, 0.4) is 0 Å². The highest BCUT2D eigenvalue weighted by molar-refractivity contribution is 5.66. The normalized spacial score (nSPS) is 11.9. The summed E-state index contributed by atoms with van der Waals surface area (Å²) in [6.45, 7) is 3.30. The smallest absolute Gasteiger partial charge is 0.303 e. The van der Waals surface area contributed by atoms with Crippen molar-refractivity contribution in [2.24, 2.45) is 0 Å². The summed E-state index contributed by atoms with van der Waals surface area (Å²) in [6, 6.07) is 10.6. The molecule has 0 amide bonds. The number of esters is 1. The van der Waals surface area contributed by atoms with Crippen LogP contribution in [0, 0.1) is 6.92 Å². The third kappa shape index (κ3) is 3.82. The van der Waals surface area contributed by atoms with Gasteiger partial charge >= 0.3 is 5.97 Å². The summed E-state index contributed by atoms with van der Waals surface area (Å²) in [7, 11) is 0. The van der Waals surface area contributed by atoms with Crippen LogP contribution in [0.25, 0.3) is 0 Å². The second-order valence-electron chi connectivity index (χ2n) is 4.70. The molecule has 0 aliphatic heterocycles. The van der Waals surface area contributed by atoms with Gasteiger partial charge in [-0.25, -0.2) is 0 Å². The number of phenolic OH excluding ortho intramolecular Hbond substituents is 1. The molecule has 20 heavy (non-hydrogen) atoms. The van der Waals surface area contributed by atoms with E-state index in [1.54, 1.807) is 18.3 Å². The zero-order valence-electron chi connectivity index (χ0n) is 11.5. The van der Waals surface area contributed by atoms with Crippen molar-refractivity contribution in [1.29, 1.82) is 0 Å². The molecule has 0 aliphatic rings. The molecule has 0 saturated heterocycles. The van der Waals surface area contributed by atoms with Crippen molar-refractivity contribution < 1.29 is 14.6 Å². The molecule has 0 aliphatic carbocycles. The fourth-order valence-electron chi connectivity index (χ4n) is 2.04. The molecule has 104 valence electrons. The molecule has 4 nitrogen and oxygen atoms in total. The summed E-state index contributed by atoms with van der Waals surface area (Å²) in [6.07, 6.45) is 1.92. The van der Waals surface area contributed by atoms with Crippen LogP contribution >= 0.6 is 0 Å². The molecule has 4 heteroatoms. The quantitative estimate of drug-likeness (QED) is 0.868. The van der Waals surface area contributed by atoms with Crippen LogP contribution in [-0.4, -0.2) is 16.1 Å². The number of rotatable bonds is 4. The van der Waals surface area contributed by atoms with Crippen LogP contribution in [0.5, 0.6) is 5.75 Å². The number of nitrogens with zero attached hydrogens (tertiary/aromatic N) is 1. The SMILES string of the molecule is CC(=O)OC(Cc1ccc(O)cc1)c1ccnc(C)c1. The first kappa shape index (κ1) is 14.1. The average Bonchev–Trinajstić information content (AvgIpc) is 2.40. The molecule has 0 spiro atoms. The molecule has 0 radical (unpaired) electrons. The van der Waals surface area contributed by atoms with E-state index in [-0.39, 0.29) is 17.8 Å². The number of carbonyl (C=O) groups is 1. The van der Waals surface area contributed by atoms with Crippen molar-refractivity contribution in [2.75, 3.05) is 0 Å². The van der Waals surface area contributed by atoms with Crippen LogP contribution in [0.1, 0.15) is 29.8 Å². The predicted molar refractivity (Wildman–Crippen MR) is 75.3 cm³/mol. The first-order chi connectivity index (χ1) is 9.54. The first-order valence-corrected chi connectivity index (χ1v) is 6.42. The van der Waals surface area contributed by atoms with E-state index < -0.39 is 0 Å². The number of phenols is 1. The van der Waals surface area contributed by atoms with Gasteiger partial charge in [-0.15, -0.1) is 0 Å². The van der Waals surface area contributed by atoms with E-state index >= 15 is 0 Å². The summed E-state index contributed by atoms with van der Waals surface area (Å²) in [5, 5.41) is 9.30. The predicted octanol–water partition coefficient (Wildman–Crippen LogP) is 2.94. The highest BCUT2D eigenvalue weighted by Gasteiger charge is 2.16. The number of benzene rings is 1. The Labute approximate surface area is 118 Å². The third-order valence-corrected chi connectivity index (χ3v) is 2.96. The van der Waals surface area contributed by atoms with Crippen molar-refractivity contribution in [2.45, 2.75) is 26.4 Å². The van der Waals surface area contributed by atoms with Crippen molar-refractivity contribution in [3.8, 4) is 5.75 Å². The third-order valence-electron chi connectivity index (χ3n) is 2.96. The van der Waals surface area contributed by atoms with Crippen LogP contribution < -0.4 is 0 Å². The van der Waals surface area contributed by atoms with Gasteiger partial charge in [-0.1, -0.05) is 12.1 Å². The maximum atomic E-state index is 11.3. The lowest BCUT2D eigenvalue weighted by molar-refractivity contribution is -0.146. The Morgan fingerprint density at radius 2 is 2.00 bits per heavy atom. The minimum absolute atomic E-state index is 0.220. The van der Waals surface area contributed by atoms with Crippen molar-refractivity contribution in [3.63, 3.8) is 0 Å². The zero-order chi connectivity index (χ0) is 14.5. The monoisotopic (exact) mass is 271 g/mol. The Morgan fingerprint density at radius 3 is 2.60 bits per heavy atom. The number of pyridine rings is 1. The molecule has 1 aromatic heterocycles. The first-order valence-electron chi connectivity index (χ1n) is 6.42. The summed E-state index contributed by atoms with van der Waals surface area (Å²) in [5.41, 5.74) is 2.79. The fraction of sp³-hybridized carbons (Fsp3) is 0.250. The number of aryl methyl sites for hydroxylation is 1. The Morgan fingerprint density at radius 1 is 1.30 bits per heavy atom. The lowest BCUT2D eigenvalue weighted by Gasteiger charge is -2.18. The fourth-order valence-corrected chi connectivity index (χ4v) is 2.04. The maximum Gasteiger partial charge on any atom is 0.303 e. The van der Waals surface area contributed by atoms with Gasteiger partial charge in [0.25, 0.3) is 0 Å². The molecule has 0 saturated carbocycles. The van der Waals surface area contributed by atoms with E-state index in [0.717, 1.165) is 16.8 Å². The van der Waals surface area contributed by atoms with E-state index in [1.807, 2.05) is 31.2 Å². The number of carbonyl (C=O) groups excluding carboxylic acids is 1. The van der Waals surface area contributed by atoms with Crippen LogP contribution in [0.2, 0.25) is 0 Å². The Balaban J connectivity index is 2.23. The lowest BCUT2D eigenvalue weighted by atomic mass is 10.0. The second kappa shape index (κ2) is 6.19. The van der Waals surface area contributed by atoms with Crippen LogP contribution in [-0.2, 0) is 16.0 Å². The highest BCUT2D eigenvalue weighted by atomic mass is 16.5. The topological polar surface area (TPSA) is 59.4 Å². The van der Waals surface area contributed by atoms with Crippen molar-refractivity contribution in [1.82, 2.24) is 4.98 Å². The minimum atomic E-state index is -0.348. The van der Waals surface area contributed by atoms with Gasteiger partial charge in [-0.2, -0.15) is 0 Å². The van der Waals surface area contributed by atoms with E-state index in [2.05, 4.69) is 4.98 Å². The van der Waals surface area contributed by atoms with E-state index in [0.29, 0.717) is 6.42 Å². The van der Waals surface area contributed by atoms with Gasteiger partial charge in [0.15, 0.2) is 0 Å². The molecule has 1 aromatic carbocycles. The number of aromatic hydroxyl groups is 1. The lowest BCUT2D eigenvalue weighted by Crippen LogP contribution is -2.11. The average molecular weight is 271 g/mol. The summed E-state index contributed by atoms with van der Waals surface area (Å²) < 4.78 is 5.40. The molecule has 1 unspecified atom stereocenters. The standard InChI is InChI=1S/C16H17NO3/c1-11-9-14(7-8-17-11)16(20-12(2)18)10-13-3-5-15(19)6-4-13/h3-9,16,19H,10H2,1-2H3. The van der Waals surface area contributed by atoms with Crippen molar-refractivity contribution >= 4 is 5.97 Å². The molecular formula is C16H17NO3. The maximum absolute atomic E-state index is 11.3. The van der Waals surface area contributed by atoms with Crippen molar-refractivity contribution in [3.05, 3.63) is 59.4 Å². The zero-order valence-corrected chi connectivity index (χ0v) is 11.5. The second-order valence-corrected chi connectivity index (χ2v) is 4.70. The number of hydrogen-bond donors (Lipinski definition) is 1. The van der Waals surface area contributed by atoms with Crippen LogP contribution in [0.15, 0.2) is 42.6 Å².